The molecule has 1 rings (SSSR count). The van der Waals surface area contributed by atoms with Crippen LogP contribution in [0.1, 0.15) is 5.56 Å². The van der Waals surface area contributed by atoms with E-state index in [4.69, 9.17) is 22.4 Å². The molecule has 0 fully saturated rings. The molecule has 0 aromatic heterocycles. The molecular formula is C9H8ClF2NO2. The molecule has 82 valence electrons. The van der Waals surface area contributed by atoms with Gasteiger partial charge in [0.1, 0.15) is 6.04 Å². The minimum absolute atomic E-state index is 0.0365. The van der Waals surface area contributed by atoms with Crippen LogP contribution in [0.3, 0.4) is 0 Å². The quantitative estimate of drug-likeness (QED) is 0.782. The Labute approximate surface area is 89.5 Å². The standard InChI is InChI=1S/C9H8ClF2NO2/c10-5-1-2-6(11)8(12)4(5)3-7(13)9(14)15/h1-2,7H,3,13H2,(H,14,15)/t7-/m1/s1. The number of nitrogens with two attached hydrogens (primary N) is 1. The Bertz CT molecular complexity index is 398. The van der Waals surface area contributed by atoms with Gasteiger partial charge in [0.25, 0.3) is 0 Å². The number of rotatable bonds is 3. The van der Waals surface area contributed by atoms with Crippen molar-refractivity contribution in [2.24, 2.45) is 5.73 Å². The third-order valence-electron chi connectivity index (χ3n) is 1.88. The molecule has 0 aliphatic carbocycles. The molecular weight excluding hydrogens is 228 g/mol. The van der Waals surface area contributed by atoms with Gasteiger partial charge in [-0.15, -0.1) is 0 Å². The molecule has 0 aliphatic rings. The van der Waals surface area contributed by atoms with Crippen LogP contribution in [0, 0.1) is 11.6 Å². The summed E-state index contributed by atoms with van der Waals surface area (Å²) in [6.45, 7) is 0. The SMILES string of the molecule is N[C@H](Cc1c(Cl)ccc(F)c1F)C(=O)O. The summed E-state index contributed by atoms with van der Waals surface area (Å²) in [6.07, 6.45) is -0.349. The lowest BCUT2D eigenvalue weighted by atomic mass is 10.1. The number of aliphatic carboxylic acids is 1. The lowest BCUT2D eigenvalue weighted by Gasteiger charge is -2.09. The summed E-state index contributed by atoms with van der Waals surface area (Å²) in [5.41, 5.74) is 4.97. The molecule has 0 heterocycles. The number of hydrogen-bond donors (Lipinski definition) is 2. The number of carboxylic acid groups (broad SMARTS) is 1. The Kier molecular flexibility index (Phi) is 3.60. The van der Waals surface area contributed by atoms with Crippen molar-refractivity contribution in [2.45, 2.75) is 12.5 Å². The first-order chi connectivity index (χ1) is 6.93. The molecule has 0 amide bonds. The molecule has 6 heteroatoms. The molecule has 0 unspecified atom stereocenters. The van der Waals surface area contributed by atoms with E-state index in [9.17, 15) is 13.6 Å². The number of hydrogen-bond acceptors (Lipinski definition) is 2. The molecule has 0 saturated carbocycles. The zero-order valence-corrected chi connectivity index (χ0v) is 8.26. The molecule has 1 aromatic carbocycles. The fourth-order valence-electron chi connectivity index (χ4n) is 1.06. The topological polar surface area (TPSA) is 63.3 Å². The Morgan fingerprint density at radius 2 is 2.13 bits per heavy atom. The van der Waals surface area contributed by atoms with Crippen molar-refractivity contribution in [3.8, 4) is 0 Å². The maximum Gasteiger partial charge on any atom is 0.320 e. The van der Waals surface area contributed by atoms with E-state index in [1.807, 2.05) is 0 Å². The van der Waals surface area contributed by atoms with Crippen molar-refractivity contribution < 1.29 is 18.7 Å². The first-order valence-corrected chi connectivity index (χ1v) is 4.42. The Morgan fingerprint density at radius 3 is 2.67 bits per heavy atom. The maximum atomic E-state index is 13.2. The molecule has 0 bridgehead atoms. The van der Waals surface area contributed by atoms with E-state index in [-0.39, 0.29) is 17.0 Å². The van der Waals surface area contributed by atoms with Crippen LogP contribution in [-0.2, 0) is 11.2 Å². The normalized spacial score (nSPS) is 12.5. The van der Waals surface area contributed by atoms with E-state index < -0.39 is 23.6 Å². The van der Waals surface area contributed by atoms with E-state index in [1.165, 1.54) is 0 Å². The van der Waals surface area contributed by atoms with Gasteiger partial charge in [0.05, 0.1) is 0 Å². The smallest absolute Gasteiger partial charge is 0.320 e. The highest BCUT2D eigenvalue weighted by Gasteiger charge is 2.19. The summed E-state index contributed by atoms with van der Waals surface area (Å²) >= 11 is 5.60. The predicted molar refractivity (Wildman–Crippen MR) is 50.7 cm³/mol. The zero-order chi connectivity index (χ0) is 11.6. The average molecular weight is 236 g/mol. The van der Waals surface area contributed by atoms with E-state index in [0.29, 0.717) is 0 Å². The van der Waals surface area contributed by atoms with E-state index in [2.05, 4.69) is 0 Å². The molecule has 1 atom stereocenters. The number of carboxylic acids is 1. The fourth-order valence-corrected chi connectivity index (χ4v) is 1.29. The maximum absolute atomic E-state index is 13.2. The van der Waals surface area contributed by atoms with Gasteiger partial charge in [-0.3, -0.25) is 4.79 Å². The van der Waals surface area contributed by atoms with Gasteiger partial charge in [-0.1, -0.05) is 11.6 Å². The van der Waals surface area contributed by atoms with Crippen molar-refractivity contribution in [3.05, 3.63) is 34.4 Å². The Hall–Kier alpha value is -1.20. The van der Waals surface area contributed by atoms with Gasteiger partial charge in [0.15, 0.2) is 11.6 Å². The third kappa shape index (κ3) is 2.64. The van der Waals surface area contributed by atoms with Crippen LogP contribution in [0.4, 0.5) is 8.78 Å². The largest absolute Gasteiger partial charge is 0.480 e. The minimum atomic E-state index is -1.31. The van der Waals surface area contributed by atoms with Crippen molar-refractivity contribution in [1.29, 1.82) is 0 Å². The van der Waals surface area contributed by atoms with Crippen LogP contribution < -0.4 is 5.73 Å². The van der Waals surface area contributed by atoms with Gasteiger partial charge in [-0.2, -0.15) is 0 Å². The summed E-state index contributed by atoms with van der Waals surface area (Å²) in [7, 11) is 0. The van der Waals surface area contributed by atoms with Crippen molar-refractivity contribution in [2.75, 3.05) is 0 Å². The van der Waals surface area contributed by atoms with Crippen molar-refractivity contribution in [1.82, 2.24) is 0 Å². The number of carbonyl (C=O) groups is 1. The molecule has 0 aliphatic heterocycles. The molecule has 3 N–H and O–H groups in total. The van der Waals surface area contributed by atoms with Gasteiger partial charge in [0, 0.05) is 17.0 Å². The van der Waals surface area contributed by atoms with Crippen molar-refractivity contribution >= 4 is 17.6 Å². The summed E-state index contributed by atoms with van der Waals surface area (Å²) in [4.78, 5) is 10.4. The monoisotopic (exact) mass is 235 g/mol. The molecule has 0 spiro atoms. The summed E-state index contributed by atoms with van der Waals surface area (Å²) in [6, 6.07) is 0.718. The molecule has 0 radical (unpaired) electrons. The van der Waals surface area contributed by atoms with Crippen LogP contribution >= 0.6 is 11.6 Å². The summed E-state index contributed by atoms with van der Waals surface area (Å²) in [5.74, 6) is -3.53. The predicted octanol–water partition coefficient (Wildman–Crippen LogP) is 1.57. The molecule has 3 nitrogen and oxygen atoms in total. The molecule has 1 aromatic rings. The number of halogens is 3. The van der Waals surface area contributed by atoms with Crippen molar-refractivity contribution in [3.63, 3.8) is 0 Å². The second kappa shape index (κ2) is 4.55. The number of benzene rings is 1. The highest BCUT2D eigenvalue weighted by molar-refractivity contribution is 6.31. The molecule has 0 saturated heterocycles. The van der Waals surface area contributed by atoms with Gasteiger partial charge in [-0.25, -0.2) is 8.78 Å². The Balaban J connectivity index is 3.03. The fraction of sp³-hybridized carbons (Fsp3) is 0.222. The van der Waals surface area contributed by atoms with Crippen LogP contribution in [0.25, 0.3) is 0 Å². The second-order valence-corrected chi connectivity index (χ2v) is 3.38. The van der Waals surface area contributed by atoms with E-state index in [0.717, 1.165) is 12.1 Å². The minimum Gasteiger partial charge on any atom is -0.480 e. The summed E-state index contributed by atoms with van der Waals surface area (Å²) < 4.78 is 26.0. The zero-order valence-electron chi connectivity index (χ0n) is 7.51. The van der Waals surface area contributed by atoms with Crippen LogP contribution in [0.15, 0.2) is 12.1 Å². The Morgan fingerprint density at radius 1 is 1.53 bits per heavy atom. The van der Waals surface area contributed by atoms with Gasteiger partial charge >= 0.3 is 5.97 Å². The van der Waals surface area contributed by atoms with Gasteiger partial charge in [0.2, 0.25) is 0 Å². The van der Waals surface area contributed by atoms with E-state index >= 15 is 0 Å². The second-order valence-electron chi connectivity index (χ2n) is 2.97. The van der Waals surface area contributed by atoms with Crippen LogP contribution in [0.2, 0.25) is 5.02 Å². The van der Waals surface area contributed by atoms with Gasteiger partial charge < -0.3 is 10.8 Å². The van der Waals surface area contributed by atoms with E-state index in [1.54, 1.807) is 0 Å². The van der Waals surface area contributed by atoms with Crippen LogP contribution in [0.5, 0.6) is 0 Å². The summed E-state index contributed by atoms with van der Waals surface area (Å²) in [5, 5.41) is 8.47. The molecule has 15 heavy (non-hydrogen) atoms. The highest BCUT2D eigenvalue weighted by Crippen LogP contribution is 2.22. The average Bonchev–Trinajstić information content (AvgIpc) is 2.18. The van der Waals surface area contributed by atoms with Crippen LogP contribution in [-0.4, -0.2) is 17.1 Å². The van der Waals surface area contributed by atoms with Gasteiger partial charge in [-0.05, 0) is 12.1 Å². The highest BCUT2D eigenvalue weighted by atomic mass is 35.5. The lowest BCUT2D eigenvalue weighted by molar-refractivity contribution is -0.138. The first-order valence-electron chi connectivity index (χ1n) is 4.04. The third-order valence-corrected chi connectivity index (χ3v) is 2.23. The lowest BCUT2D eigenvalue weighted by Crippen LogP contribution is -2.32. The first kappa shape index (κ1) is 11.9.